The molecule has 2 saturated carbocycles. The number of benzene rings is 1. The van der Waals surface area contributed by atoms with Crippen LogP contribution in [0.1, 0.15) is 57.4 Å². The predicted octanol–water partition coefficient (Wildman–Crippen LogP) is 3.03. The Morgan fingerprint density at radius 3 is 2.61 bits per heavy atom. The highest BCUT2D eigenvalue weighted by Gasteiger charge is 2.58. The molecule has 6 atom stereocenters. The molecule has 0 spiro atoms. The van der Waals surface area contributed by atoms with E-state index in [1.165, 1.54) is 12.1 Å². The van der Waals surface area contributed by atoms with Crippen molar-refractivity contribution in [2.75, 3.05) is 13.1 Å². The third-order valence-electron chi connectivity index (χ3n) is 8.98. The molecular weight excluding hydrogens is 419 g/mol. The van der Waals surface area contributed by atoms with Crippen molar-refractivity contribution in [2.45, 2.75) is 81.6 Å². The lowest BCUT2D eigenvalue weighted by Gasteiger charge is -2.46. The molecule has 1 aromatic rings. The molecule has 0 N–H and O–H groups in total. The lowest BCUT2D eigenvalue weighted by molar-refractivity contribution is -0.146. The number of likely N-dealkylation sites (tertiary alicyclic amines) is 3. The van der Waals surface area contributed by atoms with Crippen molar-refractivity contribution < 1.29 is 14.0 Å². The third kappa shape index (κ3) is 3.13. The first-order chi connectivity index (χ1) is 15.9. The van der Waals surface area contributed by atoms with Crippen molar-refractivity contribution in [2.24, 2.45) is 11.8 Å². The lowest BCUT2D eigenvalue weighted by atomic mass is 9.85. The number of piperidine rings is 1. The van der Waals surface area contributed by atoms with E-state index in [0.29, 0.717) is 12.5 Å². The molecule has 3 saturated heterocycles. The zero-order chi connectivity index (χ0) is 22.9. The molecule has 33 heavy (non-hydrogen) atoms. The van der Waals surface area contributed by atoms with Gasteiger partial charge in [-0.1, -0.05) is 31.9 Å². The van der Waals surface area contributed by atoms with Gasteiger partial charge in [-0.3, -0.25) is 14.5 Å². The van der Waals surface area contributed by atoms with Crippen molar-refractivity contribution in [3.8, 4) is 6.07 Å². The van der Waals surface area contributed by atoms with Crippen LogP contribution in [0.5, 0.6) is 0 Å². The number of hydrogen-bond acceptors (Lipinski definition) is 4. The van der Waals surface area contributed by atoms with Crippen LogP contribution in [0, 0.1) is 29.0 Å². The first kappa shape index (κ1) is 21.1. The van der Waals surface area contributed by atoms with E-state index < -0.39 is 0 Å². The number of carbonyl (C=O) groups is 2. The minimum absolute atomic E-state index is 0.0669. The fourth-order valence-corrected chi connectivity index (χ4v) is 7.39. The number of nitrogens with zero attached hydrogens (tertiary/aromatic N) is 4. The van der Waals surface area contributed by atoms with E-state index in [0.717, 1.165) is 57.1 Å². The van der Waals surface area contributed by atoms with Gasteiger partial charge in [-0.05, 0) is 55.7 Å². The van der Waals surface area contributed by atoms with Crippen LogP contribution in [0.15, 0.2) is 24.3 Å². The van der Waals surface area contributed by atoms with Gasteiger partial charge in [0.25, 0.3) is 0 Å². The van der Waals surface area contributed by atoms with Gasteiger partial charge in [0, 0.05) is 31.1 Å². The van der Waals surface area contributed by atoms with E-state index >= 15 is 0 Å². The summed E-state index contributed by atoms with van der Waals surface area (Å²) in [4.78, 5) is 33.0. The van der Waals surface area contributed by atoms with E-state index in [2.05, 4.69) is 15.9 Å². The van der Waals surface area contributed by atoms with Crippen LogP contribution >= 0.6 is 0 Å². The number of hydrogen-bond donors (Lipinski definition) is 0. The van der Waals surface area contributed by atoms with Crippen LogP contribution in [-0.4, -0.2) is 63.8 Å². The minimum Gasteiger partial charge on any atom is -0.327 e. The van der Waals surface area contributed by atoms with Crippen molar-refractivity contribution in [1.29, 1.82) is 5.26 Å². The lowest BCUT2D eigenvalue weighted by Crippen LogP contribution is -2.58. The SMILES string of the molecule is C[C@@H](CN1C[C@@H]2C[C@H]1C(=O)N2C1(c2ccc(F)cc2)CCCC1)C(=O)N1C2C[C@H]2C[C@H]1C#N. The van der Waals surface area contributed by atoms with E-state index in [9.17, 15) is 19.2 Å². The fraction of sp³-hybridized carbons (Fsp3) is 0.654. The maximum absolute atomic E-state index is 13.6. The quantitative estimate of drug-likeness (QED) is 0.692. The third-order valence-corrected chi connectivity index (χ3v) is 8.98. The van der Waals surface area contributed by atoms with Gasteiger partial charge < -0.3 is 9.80 Å². The van der Waals surface area contributed by atoms with E-state index in [1.54, 1.807) is 0 Å². The van der Waals surface area contributed by atoms with Crippen molar-refractivity contribution in [3.05, 3.63) is 35.6 Å². The Labute approximate surface area is 194 Å². The maximum Gasteiger partial charge on any atom is 0.241 e. The largest absolute Gasteiger partial charge is 0.327 e. The molecule has 6 rings (SSSR count). The zero-order valence-electron chi connectivity index (χ0n) is 19.1. The summed E-state index contributed by atoms with van der Waals surface area (Å²) in [6, 6.07) is 8.96. The van der Waals surface area contributed by atoms with Crippen LogP contribution in [0.3, 0.4) is 0 Å². The molecular formula is C26H31FN4O2. The van der Waals surface area contributed by atoms with Crippen molar-refractivity contribution >= 4 is 11.8 Å². The standard InChI is InChI=1S/C26H31FN4O2/c1-16(24(32)30-20(13-28)10-17-11-22(17)30)14-29-15-21-12-23(29)25(33)31(21)26(8-2-3-9-26)18-4-6-19(27)7-5-18/h4-7,16-17,20-23H,2-3,8-12,14-15H2,1H3/t16-,17+,20-,21-,22?,23-/m0/s1. The van der Waals surface area contributed by atoms with Gasteiger partial charge in [0.15, 0.2) is 0 Å². The van der Waals surface area contributed by atoms with Crippen LogP contribution in [0.2, 0.25) is 0 Å². The van der Waals surface area contributed by atoms with Crippen LogP contribution in [0.4, 0.5) is 4.39 Å². The summed E-state index contributed by atoms with van der Waals surface area (Å²) < 4.78 is 13.6. The summed E-state index contributed by atoms with van der Waals surface area (Å²) in [5.41, 5.74) is 0.724. The molecule has 5 fully saturated rings. The van der Waals surface area contributed by atoms with Crippen molar-refractivity contribution in [1.82, 2.24) is 14.7 Å². The topological polar surface area (TPSA) is 67.7 Å². The van der Waals surface area contributed by atoms with Crippen LogP contribution in [0.25, 0.3) is 0 Å². The second-order valence-corrected chi connectivity index (χ2v) is 10.9. The van der Waals surface area contributed by atoms with Gasteiger partial charge in [-0.15, -0.1) is 0 Å². The molecule has 2 amide bonds. The average molecular weight is 451 g/mol. The Bertz CT molecular complexity index is 1010. The smallest absolute Gasteiger partial charge is 0.241 e. The Kier molecular flexibility index (Phi) is 4.81. The van der Waals surface area contributed by atoms with Crippen LogP contribution < -0.4 is 0 Å². The molecule has 1 aromatic carbocycles. The summed E-state index contributed by atoms with van der Waals surface area (Å²) in [6.45, 7) is 3.29. The minimum atomic E-state index is -0.325. The van der Waals surface area contributed by atoms with E-state index in [-0.39, 0.29) is 53.3 Å². The fourth-order valence-electron chi connectivity index (χ4n) is 7.39. The number of halogens is 1. The Hall–Kier alpha value is -2.46. The number of piperazine rings is 1. The molecule has 6 nitrogen and oxygen atoms in total. The number of amides is 2. The molecule has 3 aliphatic heterocycles. The summed E-state index contributed by atoms with van der Waals surface area (Å²) >= 11 is 0. The van der Waals surface area contributed by atoms with Gasteiger partial charge in [-0.2, -0.15) is 5.26 Å². The molecule has 2 bridgehead atoms. The monoisotopic (exact) mass is 450 g/mol. The number of carbonyl (C=O) groups excluding carboxylic acids is 2. The van der Waals surface area contributed by atoms with E-state index in [4.69, 9.17) is 0 Å². The summed E-state index contributed by atoms with van der Waals surface area (Å²) in [7, 11) is 0. The highest BCUT2D eigenvalue weighted by Crippen LogP contribution is 2.51. The predicted molar refractivity (Wildman–Crippen MR) is 119 cm³/mol. The summed E-state index contributed by atoms with van der Waals surface area (Å²) in [5, 5.41) is 9.45. The normalized spacial score (nSPS) is 35.1. The second-order valence-electron chi connectivity index (χ2n) is 10.9. The average Bonchev–Trinajstić information content (AvgIpc) is 3.20. The molecule has 3 heterocycles. The highest BCUT2D eigenvalue weighted by atomic mass is 19.1. The molecule has 0 aromatic heterocycles. The van der Waals surface area contributed by atoms with Gasteiger partial charge in [0.2, 0.25) is 11.8 Å². The van der Waals surface area contributed by atoms with Gasteiger partial charge in [0.1, 0.15) is 11.9 Å². The van der Waals surface area contributed by atoms with Crippen molar-refractivity contribution in [3.63, 3.8) is 0 Å². The molecule has 5 aliphatic rings. The first-order valence-electron chi connectivity index (χ1n) is 12.5. The number of rotatable bonds is 5. The molecule has 2 aliphatic carbocycles. The van der Waals surface area contributed by atoms with E-state index in [1.807, 2.05) is 24.0 Å². The molecule has 7 heteroatoms. The summed E-state index contributed by atoms with van der Waals surface area (Å²) in [6.07, 6.45) is 6.65. The van der Waals surface area contributed by atoms with Gasteiger partial charge in [0.05, 0.1) is 17.6 Å². The first-order valence-corrected chi connectivity index (χ1v) is 12.5. The van der Waals surface area contributed by atoms with Gasteiger partial charge in [-0.25, -0.2) is 4.39 Å². The maximum atomic E-state index is 13.6. The van der Waals surface area contributed by atoms with Crippen LogP contribution in [-0.2, 0) is 15.1 Å². The second kappa shape index (κ2) is 7.53. The number of nitriles is 1. The Balaban J connectivity index is 1.17. The Morgan fingerprint density at radius 2 is 1.94 bits per heavy atom. The summed E-state index contributed by atoms with van der Waals surface area (Å²) in [5.74, 6) is 0.268. The molecule has 0 radical (unpaired) electrons. The number of fused-ring (bicyclic) bond motifs is 3. The molecule has 174 valence electrons. The van der Waals surface area contributed by atoms with Gasteiger partial charge >= 0.3 is 0 Å². The molecule has 1 unspecified atom stereocenters. The highest BCUT2D eigenvalue weighted by molar-refractivity contribution is 5.87. The Morgan fingerprint density at radius 1 is 1.21 bits per heavy atom. The zero-order valence-corrected chi connectivity index (χ0v) is 19.1.